The molecule has 0 saturated carbocycles. The van der Waals surface area contributed by atoms with Gasteiger partial charge in [0.15, 0.2) is 5.75 Å². The summed E-state index contributed by atoms with van der Waals surface area (Å²) in [7, 11) is 1.37. The number of hydrogen-bond acceptors (Lipinski definition) is 3. The van der Waals surface area contributed by atoms with Crippen molar-refractivity contribution < 1.29 is 27.4 Å². The number of halogens is 3. The first kappa shape index (κ1) is 12.3. The third kappa shape index (κ3) is 2.13. The monoisotopic (exact) mass is 258 g/mol. The molecule has 0 bridgehead atoms. The Hall–Kier alpha value is -2.11. The molecule has 0 aliphatic rings. The molecule has 2 rings (SSSR count). The van der Waals surface area contributed by atoms with Crippen molar-refractivity contribution >= 4 is 0 Å². The highest BCUT2D eigenvalue weighted by Crippen LogP contribution is 2.40. The van der Waals surface area contributed by atoms with Gasteiger partial charge in [0.25, 0.3) is 5.95 Å². The summed E-state index contributed by atoms with van der Waals surface area (Å²) >= 11 is 0. The molecule has 0 aliphatic carbocycles. The van der Waals surface area contributed by atoms with Crippen molar-refractivity contribution in [2.45, 2.75) is 6.18 Å². The van der Waals surface area contributed by atoms with Crippen LogP contribution in [0.2, 0.25) is 0 Å². The molecular weight excluding hydrogens is 249 g/mol. The number of ether oxygens (including phenoxy) is 1. The predicted octanol–water partition coefficient (Wildman–Crippen LogP) is 3.68. The van der Waals surface area contributed by atoms with Gasteiger partial charge in [0.05, 0.1) is 12.7 Å². The molecule has 96 valence electrons. The molecule has 3 nitrogen and oxygen atoms in total. The SMILES string of the molecule is COc1coc(O)c1-c1ccc(C(F)(F)F)cc1. The van der Waals surface area contributed by atoms with Gasteiger partial charge in [0.2, 0.25) is 0 Å². The molecule has 0 spiro atoms. The Labute approximate surface area is 100 Å². The lowest BCUT2D eigenvalue weighted by molar-refractivity contribution is -0.137. The van der Waals surface area contributed by atoms with Crippen molar-refractivity contribution in [2.24, 2.45) is 0 Å². The molecule has 1 aromatic carbocycles. The molecule has 0 saturated heterocycles. The van der Waals surface area contributed by atoms with E-state index in [1.807, 2.05) is 0 Å². The second-order valence-corrected chi connectivity index (χ2v) is 3.56. The van der Waals surface area contributed by atoms with Gasteiger partial charge in [0, 0.05) is 0 Å². The Balaban J connectivity index is 2.43. The summed E-state index contributed by atoms with van der Waals surface area (Å²) in [6.07, 6.45) is -3.20. The van der Waals surface area contributed by atoms with Crippen molar-refractivity contribution in [3.63, 3.8) is 0 Å². The first-order valence-electron chi connectivity index (χ1n) is 4.95. The highest BCUT2D eigenvalue weighted by Gasteiger charge is 2.30. The number of furan rings is 1. The Morgan fingerprint density at radius 2 is 1.78 bits per heavy atom. The standard InChI is InChI=1S/C12H9F3O3/c1-17-9-6-18-11(16)10(9)7-2-4-8(5-3-7)12(13,14)15/h2-6,16H,1H3. The maximum Gasteiger partial charge on any atom is 0.416 e. The van der Waals surface area contributed by atoms with Crippen LogP contribution < -0.4 is 4.74 Å². The van der Waals surface area contributed by atoms with Crippen molar-refractivity contribution in [1.82, 2.24) is 0 Å². The van der Waals surface area contributed by atoms with Crippen LogP contribution in [0.4, 0.5) is 13.2 Å². The predicted molar refractivity (Wildman–Crippen MR) is 57.4 cm³/mol. The lowest BCUT2D eigenvalue weighted by Crippen LogP contribution is -2.03. The van der Waals surface area contributed by atoms with Gasteiger partial charge in [-0.25, -0.2) is 0 Å². The van der Waals surface area contributed by atoms with Crippen LogP contribution in [-0.4, -0.2) is 12.2 Å². The van der Waals surface area contributed by atoms with E-state index in [-0.39, 0.29) is 11.3 Å². The molecule has 0 atom stereocenters. The molecule has 1 heterocycles. The minimum atomic E-state index is -4.39. The zero-order valence-electron chi connectivity index (χ0n) is 9.28. The zero-order chi connectivity index (χ0) is 13.3. The zero-order valence-corrected chi connectivity index (χ0v) is 9.28. The molecule has 6 heteroatoms. The number of hydrogen-bond donors (Lipinski definition) is 1. The van der Waals surface area contributed by atoms with Crippen LogP contribution in [0, 0.1) is 0 Å². The molecule has 18 heavy (non-hydrogen) atoms. The second-order valence-electron chi connectivity index (χ2n) is 3.56. The fourth-order valence-corrected chi connectivity index (χ4v) is 1.57. The van der Waals surface area contributed by atoms with Crippen LogP contribution in [0.3, 0.4) is 0 Å². The minimum Gasteiger partial charge on any atom is -0.493 e. The minimum absolute atomic E-state index is 0.228. The molecular formula is C12H9F3O3. The van der Waals surface area contributed by atoms with Crippen molar-refractivity contribution in [3.05, 3.63) is 36.1 Å². The van der Waals surface area contributed by atoms with Crippen LogP contribution in [0.15, 0.2) is 34.9 Å². The second kappa shape index (κ2) is 4.29. The van der Waals surface area contributed by atoms with E-state index in [0.29, 0.717) is 5.56 Å². The first-order chi connectivity index (χ1) is 8.43. The van der Waals surface area contributed by atoms with E-state index in [1.54, 1.807) is 0 Å². The molecule has 2 aromatic rings. The van der Waals surface area contributed by atoms with Crippen molar-refractivity contribution in [1.29, 1.82) is 0 Å². The summed E-state index contributed by atoms with van der Waals surface area (Å²) in [4.78, 5) is 0. The van der Waals surface area contributed by atoms with E-state index in [9.17, 15) is 18.3 Å². The van der Waals surface area contributed by atoms with E-state index in [4.69, 9.17) is 9.15 Å². The number of aromatic hydroxyl groups is 1. The molecule has 0 aliphatic heterocycles. The van der Waals surface area contributed by atoms with Gasteiger partial charge in [-0.15, -0.1) is 0 Å². The van der Waals surface area contributed by atoms with E-state index in [1.165, 1.54) is 25.5 Å². The summed E-state index contributed by atoms with van der Waals surface area (Å²) in [5.74, 6) is -0.140. The van der Waals surface area contributed by atoms with E-state index in [2.05, 4.69) is 0 Å². The van der Waals surface area contributed by atoms with Crippen molar-refractivity contribution in [3.8, 4) is 22.8 Å². The summed E-state index contributed by atoms with van der Waals surface area (Å²) in [6, 6.07) is 4.36. The van der Waals surface area contributed by atoms with Crippen LogP contribution in [0.1, 0.15) is 5.56 Å². The largest absolute Gasteiger partial charge is 0.493 e. The van der Waals surface area contributed by atoms with Gasteiger partial charge >= 0.3 is 6.18 Å². The number of alkyl halides is 3. The average Bonchev–Trinajstić information content (AvgIpc) is 2.69. The van der Waals surface area contributed by atoms with Crippen LogP contribution in [0.5, 0.6) is 11.7 Å². The summed E-state index contributed by atoms with van der Waals surface area (Å²) in [5, 5.41) is 9.48. The average molecular weight is 258 g/mol. The van der Waals surface area contributed by atoms with Crippen LogP contribution in [0.25, 0.3) is 11.1 Å². The Bertz CT molecular complexity index is 541. The number of benzene rings is 1. The van der Waals surface area contributed by atoms with E-state index in [0.717, 1.165) is 12.1 Å². The summed E-state index contributed by atoms with van der Waals surface area (Å²) < 4.78 is 46.9. The van der Waals surface area contributed by atoms with Crippen LogP contribution in [-0.2, 0) is 6.18 Å². The number of methoxy groups -OCH3 is 1. The van der Waals surface area contributed by atoms with Gasteiger partial charge in [0.1, 0.15) is 11.8 Å². The molecule has 0 amide bonds. The van der Waals surface area contributed by atoms with Gasteiger partial charge in [-0.2, -0.15) is 13.2 Å². The van der Waals surface area contributed by atoms with Gasteiger partial charge in [-0.05, 0) is 17.7 Å². The molecule has 0 radical (unpaired) electrons. The maximum absolute atomic E-state index is 12.4. The first-order valence-corrected chi connectivity index (χ1v) is 4.95. The number of rotatable bonds is 2. The molecule has 0 fully saturated rings. The Morgan fingerprint density at radius 1 is 1.17 bits per heavy atom. The fourth-order valence-electron chi connectivity index (χ4n) is 1.57. The van der Waals surface area contributed by atoms with Crippen molar-refractivity contribution in [2.75, 3.05) is 7.11 Å². The quantitative estimate of drug-likeness (QED) is 0.893. The molecule has 1 aromatic heterocycles. The molecule has 0 unspecified atom stereocenters. The lowest BCUT2D eigenvalue weighted by Gasteiger charge is -2.07. The molecule has 1 N–H and O–H groups in total. The van der Waals surface area contributed by atoms with E-state index < -0.39 is 17.7 Å². The van der Waals surface area contributed by atoms with Gasteiger partial charge in [-0.1, -0.05) is 12.1 Å². The third-order valence-corrected chi connectivity index (χ3v) is 2.46. The Morgan fingerprint density at radius 3 is 2.28 bits per heavy atom. The fraction of sp³-hybridized carbons (Fsp3) is 0.167. The normalized spacial score (nSPS) is 11.6. The van der Waals surface area contributed by atoms with Crippen LogP contribution >= 0.6 is 0 Å². The summed E-state index contributed by atoms with van der Waals surface area (Å²) in [6.45, 7) is 0. The topological polar surface area (TPSA) is 42.6 Å². The Kier molecular flexibility index (Phi) is 2.94. The van der Waals surface area contributed by atoms with E-state index >= 15 is 0 Å². The lowest BCUT2D eigenvalue weighted by atomic mass is 10.1. The third-order valence-electron chi connectivity index (χ3n) is 2.46. The maximum atomic E-state index is 12.4. The van der Waals surface area contributed by atoms with Gasteiger partial charge in [-0.3, -0.25) is 0 Å². The highest BCUT2D eigenvalue weighted by atomic mass is 19.4. The summed E-state index contributed by atoms with van der Waals surface area (Å²) in [5.41, 5.74) is -0.148. The van der Waals surface area contributed by atoms with Gasteiger partial charge < -0.3 is 14.3 Å². The highest BCUT2D eigenvalue weighted by molar-refractivity contribution is 5.74. The smallest absolute Gasteiger partial charge is 0.416 e.